The van der Waals surface area contributed by atoms with Gasteiger partial charge < -0.3 is 9.88 Å². The number of halogens is 4. The van der Waals surface area contributed by atoms with Gasteiger partial charge in [-0.25, -0.2) is 9.89 Å². The molecule has 2 N–H and O–H groups in total. The number of hydrogen-bond acceptors (Lipinski definition) is 4. The molecule has 1 aliphatic rings. The van der Waals surface area contributed by atoms with Crippen molar-refractivity contribution in [1.82, 2.24) is 19.7 Å². The van der Waals surface area contributed by atoms with E-state index < -0.39 is 23.0 Å². The zero-order valence-corrected chi connectivity index (χ0v) is 15.6. The Morgan fingerprint density at radius 3 is 2.72 bits per heavy atom. The van der Waals surface area contributed by atoms with E-state index in [9.17, 15) is 22.8 Å². The summed E-state index contributed by atoms with van der Waals surface area (Å²) in [4.78, 5) is 28.6. The van der Waals surface area contributed by atoms with Crippen molar-refractivity contribution < 1.29 is 13.2 Å². The fourth-order valence-electron chi connectivity index (χ4n) is 3.55. The summed E-state index contributed by atoms with van der Waals surface area (Å²) in [6, 6.07) is 5.20. The van der Waals surface area contributed by atoms with Gasteiger partial charge in [0.2, 0.25) is 0 Å². The lowest BCUT2D eigenvalue weighted by molar-refractivity contribution is -0.138. The van der Waals surface area contributed by atoms with Crippen LogP contribution >= 0.6 is 11.6 Å². The van der Waals surface area contributed by atoms with Gasteiger partial charge in [-0.2, -0.15) is 18.3 Å². The van der Waals surface area contributed by atoms with Crippen LogP contribution in [-0.4, -0.2) is 26.3 Å². The Balaban J connectivity index is 1.67. The van der Waals surface area contributed by atoms with Gasteiger partial charge in [-0.05, 0) is 11.6 Å². The average molecular weight is 426 g/mol. The standard InChI is InChI=1S/C18H15ClF3N5O2/c19-15-14(7-23-25-16(15)28)26-6-5-13-12(9-26)24-17(29)27(13)8-10-3-1-2-4-11(10)18(20,21)22/h1-4,7H,5-6,8-9H2,(H,24,29)(H,25,28). The van der Waals surface area contributed by atoms with Crippen LogP contribution in [0.5, 0.6) is 0 Å². The van der Waals surface area contributed by atoms with Crippen LogP contribution in [0.4, 0.5) is 18.9 Å². The van der Waals surface area contributed by atoms with Crippen molar-refractivity contribution in [2.75, 3.05) is 11.4 Å². The molecule has 7 nitrogen and oxygen atoms in total. The molecule has 0 atom stereocenters. The van der Waals surface area contributed by atoms with E-state index in [1.54, 1.807) is 4.90 Å². The number of imidazole rings is 1. The van der Waals surface area contributed by atoms with Crippen molar-refractivity contribution in [3.8, 4) is 0 Å². The first-order valence-electron chi connectivity index (χ1n) is 8.69. The molecule has 0 amide bonds. The number of aromatic amines is 2. The Bertz CT molecular complexity index is 1180. The minimum absolute atomic E-state index is 0.00988. The summed E-state index contributed by atoms with van der Waals surface area (Å²) >= 11 is 6.05. The molecule has 152 valence electrons. The summed E-state index contributed by atoms with van der Waals surface area (Å²) in [7, 11) is 0. The van der Waals surface area contributed by atoms with Crippen LogP contribution in [0, 0.1) is 0 Å². The number of H-pyrrole nitrogens is 2. The largest absolute Gasteiger partial charge is 0.416 e. The molecule has 3 aromatic rings. The molecule has 2 aromatic heterocycles. The molecule has 3 heterocycles. The maximum atomic E-state index is 13.3. The summed E-state index contributed by atoms with van der Waals surface area (Å²) in [5, 5.41) is 5.97. The number of nitrogens with zero attached hydrogens (tertiary/aromatic N) is 3. The minimum atomic E-state index is -4.50. The minimum Gasteiger partial charge on any atom is -0.363 e. The average Bonchev–Trinajstić information content (AvgIpc) is 2.98. The Labute approximate surface area is 166 Å². The first kappa shape index (κ1) is 19.3. The van der Waals surface area contributed by atoms with E-state index in [2.05, 4.69) is 15.2 Å². The molecule has 0 bridgehead atoms. The fourth-order valence-corrected chi connectivity index (χ4v) is 3.76. The van der Waals surface area contributed by atoms with E-state index in [-0.39, 0.29) is 23.7 Å². The molecule has 0 spiro atoms. The summed E-state index contributed by atoms with van der Waals surface area (Å²) in [5.41, 5.74) is -0.112. The van der Waals surface area contributed by atoms with E-state index in [0.717, 1.165) is 6.07 Å². The van der Waals surface area contributed by atoms with Crippen LogP contribution < -0.4 is 16.1 Å². The normalized spacial score (nSPS) is 14.1. The van der Waals surface area contributed by atoms with E-state index >= 15 is 0 Å². The molecule has 4 rings (SSSR count). The van der Waals surface area contributed by atoms with E-state index in [0.29, 0.717) is 30.0 Å². The Hall–Kier alpha value is -3.01. The summed E-state index contributed by atoms with van der Waals surface area (Å²) in [6.45, 7) is 0.493. The second-order valence-electron chi connectivity index (χ2n) is 6.67. The number of anilines is 1. The van der Waals surface area contributed by atoms with Crippen LogP contribution in [0.2, 0.25) is 5.02 Å². The summed E-state index contributed by atoms with van der Waals surface area (Å²) in [6.07, 6.45) is -2.69. The molecule has 0 radical (unpaired) electrons. The van der Waals surface area contributed by atoms with E-state index in [1.807, 2.05) is 0 Å². The third kappa shape index (κ3) is 3.55. The molecule has 0 saturated heterocycles. The number of fused-ring (bicyclic) bond motifs is 1. The molecule has 29 heavy (non-hydrogen) atoms. The lowest BCUT2D eigenvalue weighted by atomic mass is 10.1. The number of alkyl halides is 3. The maximum Gasteiger partial charge on any atom is 0.416 e. The number of rotatable bonds is 3. The van der Waals surface area contributed by atoms with Gasteiger partial charge >= 0.3 is 11.9 Å². The highest BCUT2D eigenvalue weighted by Crippen LogP contribution is 2.32. The molecule has 0 unspecified atom stereocenters. The van der Waals surface area contributed by atoms with Gasteiger partial charge in [0.25, 0.3) is 5.56 Å². The molecule has 11 heteroatoms. The molecule has 1 aliphatic heterocycles. The lowest BCUT2D eigenvalue weighted by Crippen LogP contribution is -2.33. The fraction of sp³-hybridized carbons (Fsp3) is 0.278. The number of aromatic nitrogens is 4. The van der Waals surface area contributed by atoms with Crippen molar-refractivity contribution in [3.63, 3.8) is 0 Å². The highest BCUT2D eigenvalue weighted by molar-refractivity contribution is 6.32. The van der Waals surface area contributed by atoms with Gasteiger partial charge in [-0.1, -0.05) is 29.8 Å². The van der Waals surface area contributed by atoms with Gasteiger partial charge in [0.1, 0.15) is 5.02 Å². The zero-order chi connectivity index (χ0) is 20.8. The second kappa shape index (κ2) is 7.11. The van der Waals surface area contributed by atoms with Gasteiger partial charge in [-0.3, -0.25) is 9.36 Å². The lowest BCUT2D eigenvalue weighted by Gasteiger charge is -2.29. The highest BCUT2D eigenvalue weighted by Gasteiger charge is 2.33. The van der Waals surface area contributed by atoms with Crippen molar-refractivity contribution in [1.29, 1.82) is 0 Å². The van der Waals surface area contributed by atoms with Crippen LogP contribution in [0.25, 0.3) is 0 Å². The van der Waals surface area contributed by atoms with E-state index in [1.165, 1.54) is 29.0 Å². The second-order valence-corrected chi connectivity index (χ2v) is 7.04. The van der Waals surface area contributed by atoms with Crippen LogP contribution in [0.1, 0.15) is 22.5 Å². The van der Waals surface area contributed by atoms with Gasteiger partial charge in [0, 0.05) is 18.7 Å². The molecule has 1 aromatic carbocycles. The molecular formula is C18H15ClF3N5O2. The molecule has 0 aliphatic carbocycles. The number of benzene rings is 1. The van der Waals surface area contributed by atoms with Crippen molar-refractivity contribution in [2.45, 2.75) is 25.7 Å². The van der Waals surface area contributed by atoms with Crippen LogP contribution in [0.3, 0.4) is 0 Å². The molecular weight excluding hydrogens is 411 g/mol. The predicted molar refractivity (Wildman–Crippen MR) is 100 cm³/mol. The predicted octanol–water partition coefficient (Wildman–Crippen LogP) is 2.54. The summed E-state index contributed by atoms with van der Waals surface area (Å²) < 4.78 is 41.2. The number of nitrogens with one attached hydrogen (secondary N) is 2. The first-order valence-corrected chi connectivity index (χ1v) is 9.07. The third-order valence-corrected chi connectivity index (χ3v) is 5.28. The molecule has 0 fully saturated rings. The van der Waals surface area contributed by atoms with E-state index in [4.69, 9.17) is 11.6 Å². The topological polar surface area (TPSA) is 86.8 Å². The SMILES string of the molecule is O=c1[nH]ncc(N2CCc3c([nH]c(=O)n3Cc3ccccc3C(F)(F)F)C2)c1Cl. The van der Waals surface area contributed by atoms with Gasteiger partial charge in [-0.15, -0.1) is 0 Å². The van der Waals surface area contributed by atoms with Crippen molar-refractivity contribution >= 4 is 17.3 Å². The number of hydrogen-bond donors (Lipinski definition) is 2. The first-order chi connectivity index (χ1) is 13.8. The smallest absolute Gasteiger partial charge is 0.363 e. The van der Waals surface area contributed by atoms with Gasteiger partial charge in [0.05, 0.1) is 36.2 Å². The maximum absolute atomic E-state index is 13.3. The Morgan fingerprint density at radius 2 is 1.97 bits per heavy atom. The van der Waals surface area contributed by atoms with Gasteiger partial charge in [0.15, 0.2) is 0 Å². The third-order valence-electron chi connectivity index (χ3n) is 4.91. The van der Waals surface area contributed by atoms with Crippen molar-refractivity contribution in [3.05, 3.63) is 78.8 Å². The highest BCUT2D eigenvalue weighted by atomic mass is 35.5. The monoisotopic (exact) mass is 425 g/mol. The van der Waals surface area contributed by atoms with Crippen molar-refractivity contribution in [2.24, 2.45) is 0 Å². The Morgan fingerprint density at radius 1 is 1.21 bits per heavy atom. The Kier molecular flexibility index (Phi) is 4.73. The zero-order valence-electron chi connectivity index (χ0n) is 14.9. The molecule has 0 saturated carbocycles. The van der Waals surface area contributed by atoms with Crippen LogP contribution in [0.15, 0.2) is 40.1 Å². The quantitative estimate of drug-likeness (QED) is 0.675. The summed E-state index contributed by atoms with van der Waals surface area (Å²) in [5.74, 6) is 0. The van der Waals surface area contributed by atoms with Crippen LogP contribution in [-0.2, 0) is 25.7 Å².